The third-order valence-corrected chi connectivity index (χ3v) is 5.26. The van der Waals surface area contributed by atoms with Gasteiger partial charge in [-0.15, -0.1) is 0 Å². The smallest absolute Gasteiger partial charge is 0.418 e. The Balaban J connectivity index is 1.77. The van der Waals surface area contributed by atoms with E-state index in [1.165, 1.54) is 7.11 Å². The van der Waals surface area contributed by atoms with E-state index in [1.54, 1.807) is 18.2 Å². The molecule has 0 bridgehead atoms. The van der Waals surface area contributed by atoms with Crippen LogP contribution in [0.5, 0.6) is 5.75 Å². The van der Waals surface area contributed by atoms with Crippen molar-refractivity contribution in [2.75, 3.05) is 18.2 Å². The van der Waals surface area contributed by atoms with Gasteiger partial charge in [-0.3, -0.25) is 14.9 Å². The molecule has 31 heavy (non-hydrogen) atoms. The number of halogens is 3. The van der Waals surface area contributed by atoms with E-state index in [4.69, 9.17) is 4.74 Å². The van der Waals surface area contributed by atoms with Gasteiger partial charge in [0.05, 0.1) is 39.6 Å². The quantitative estimate of drug-likeness (QED) is 0.314. The van der Waals surface area contributed by atoms with Crippen molar-refractivity contribution in [3.8, 4) is 5.75 Å². The Bertz CT molecular complexity index is 1170. The molecule has 2 aromatic carbocycles. The molecule has 0 radical (unpaired) electrons. The molecule has 0 fully saturated rings. The van der Waals surface area contributed by atoms with Crippen molar-refractivity contribution in [2.24, 2.45) is 0 Å². The highest BCUT2D eigenvalue weighted by Gasteiger charge is 2.35. The Labute approximate surface area is 178 Å². The number of ether oxygens (including phenoxy) is 1. The summed E-state index contributed by atoms with van der Waals surface area (Å²) in [6.45, 7) is 1.88. The molecule has 1 amide bonds. The standard InChI is InChI=1S/C20H16F3N3O4S/c1-11-7-19(25-17-9-13(30-2)4-5-14(11)17)31-10-18(27)24-16-6-3-12(26(28)29)8-15(16)20(21,22)23/h3-9H,10H2,1-2H3,(H,24,27). The average molecular weight is 451 g/mol. The fraction of sp³-hybridized carbons (Fsp3) is 0.200. The number of thioether (sulfide) groups is 1. The molecule has 162 valence electrons. The number of hydrogen-bond acceptors (Lipinski definition) is 6. The minimum absolute atomic E-state index is 0.198. The number of nitro groups is 1. The van der Waals surface area contributed by atoms with E-state index in [9.17, 15) is 28.1 Å². The van der Waals surface area contributed by atoms with Gasteiger partial charge in [0, 0.05) is 23.6 Å². The van der Waals surface area contributed by atoms with E-state index in [2.05, 4.69) is 10.3 Å². The highest BCUT2D eigenvalue weighted by Crippen LogP contribution is 2.37. The van der Waals surface area contributed by atoms with E-state index < -0.39 is 33.9 Å². The van der Waals surface area contributed by atoms with E-state index >= 15 is 0 Å². The Kier molecular flexibility index (Phi) is 6.34. The second-order valence-electron chi connectivity index (χ2n) is 6.48. The number of aryl methyl sites for hydroxylation is 1. The normalized spacial score (nSPS) is 11.4. The topological polar surface area (TPSA) is 94.4 Å². The molecule has 0 unspecified atom stereocenters. The van der Waals surface area contributed by atoms with Crippen LogP contribution < -0.4 is 10.1 Å². The molecule has 7 nitrogen and oxygen atoms in total. The van der Waals surface area contributed by atoms with E-state index in [0.717, 1.165) is 34.8 Å². The first-order valence-corrected chi connectivity index (χ1v) is 9.80. The van der Waals surface area contributed by atoms with Gasteiger partial charge in [0.15, 0.2) is 0 Å². The summed E-state index contributed by atoms with van der Waals surface area (Å²) in [4.78, 5) is 26.5. The maximum atomic E-state index is 13.2. The SMILES string of the molecule is COc1ccc2c(C)cc(SCC(=O)Nc3ccc([N+](=O)[O-])cc3C(F)(F)F)nc2c1. The first-order chi connectivity index (χ1) is 14.6. The van der Waals surface area contributed by atoms with Crippen LogP contribution in [0, 0.1) is 17.0 Å². The summed E-state index contributed by atoms with van der Waals surface area (Å²) in [6.07, 6.45) is -4.86. The third-order valence-electron chi connectivity index (χ3n) is 4.34. The van der Waals surface area contributed by atoms with Crippen molar-refractivity contribution in [1.29, 1.82) is 0 Å². The number of hydrogen-bond donors (Lipinski definition) is 1. The molecule has 1 heterocycles. The Morgan fingerprint density at radius 2 is 1.97 bits per heavy atom. The zero-order valence-corrected chi connectivity index (χ0v) is 17.1. The van der Waals surface area contributed by atoms with Crippen LogP contribution in [0.1, 0.15) is 11.1 Å². The number of benzene rings is 2. The molecule has 3 aromatic rings. The highest BCUT2D eigenvalue weighted by atomic mass is 32.2. The summed E-state index contributed by atoms with van der Waals surface area (Å²) >= 11 is 1.06. The molecule has 0 aliphatic heterocycles. The average Bonchev–Trinajstić information content (AvgIpc) is 2.71. The third kappa shape index (κ3) is 5.23. The number of nitrogens with one attached hydrogen (secondary N) is 1. The van der Waals surface area contributed by atoms with Crippen LogP contribution in [0.4, 0.5) is 24.5 Å². The fourth-order valence-electron chi connectivity index (χ4n) is 2.87. The number of aromatic nitrogens is 1. The molecule has 1 aromatic heterocycles. The number of pyridine rings is 1. The zero-order valence-electron chi connectivity index (χ0n) is 16.3. The molecule has 0 aliphatic rings. The lowest BCUT2D eigenvalue weighted by Crippen LogP contribution is -2.18. The Morgan fingerprint density at radius 1 is 1.23 bits per heavy atom. The molecule has 0 atom stereocenters. The van der Waals surface area contributed by atoms with E-state index in [1.807, 2.05) is 13.0 Å². The Hall–Kier alpha value is -3.34. The molecule has 0 saturated heterocycles. The monoisotopic (exact) mass is 451 g/mol. The van der Waals surface area contributed by atoms with Gasteiger partial charge >= 0.3 is 6.18 Å². The summed E-state index contributed by atoms with van der Waals surface area (Å²) in [5.74, 6) is -0.275. The summed E-state index contributed by atoms with van der Waals surface area (Å²) in [7, 11) is 1.53. The molecule has 11 heteroatoms. The van der Waals surface area contributed by atoms with Gasteiger partial charge in [-0.25, -0.2) is 4.98 Å². The van der Waals surface area contributed by atoms with Crippen LogP contribution in [0.3, 0.4) is 0 Å². The van der Waals surface area contributed by atoms with Crippen LogP contribution in [0.25, 0.3) is 10.9 Å². The fourth-order valence-corrected chi connectivity index (χ4v) is 3.64. The van der Waals surface area contributed by atoms with Crippen molar-refractivity contribution in [2.45, 2.75) is 18.1 Å². The van der Waals surface area contributed by atoms with Crippen LogP contribution in [-0.4, -0.2) is 28.7 Å². The van der Waals surface area contributed by atoms with Gasteiger partial charge in [-0.05, 0) is 36.8 Å². The summed E-state index contributed by atoms with van der Waals surface area (Å²) in [5.41, 5.74) is -0.962. The lowest BCUT2D eigenvalue weighted by Gasteiger charge is -2.13. The first-order valence-electron chi connectivity index (χ1n) is 8.82. The van der Waals surface area contributed by atoms with Gasteiger partial charge < -0.3 is 10.1 Å². The minimum Gasteiger partial charge on any atom is -0.497 e. The Morgan fingerprint density at radius 3 is 2.61 bits per heavy atom. The van der Waals surface area contributed by atoms with Crippen LogP contribution in [-0.2, 0) is 11.0 Å². The second-order valence-corrected chi connectivity index (χ2v) is 7.48. The maximum Gasteiger partial charge on any atom is 0.418 e. The predicted molar refractivity (Wildman–Crippen MR) is 110 cm³/mol. The largest absolute Gasteiger partial charge is 0.497 e. The van der Waals surface area contributed by atoms with Gasteiger partial charge in [-0.2, -0.15) is 13.2 Å². The molecule has 0 spiro atoms. The number of nitro benzene ring substituents is 1. The summed E-state index contributed by atoms with van der Waals surface area (Å²) in [5, 5.41) is 14.4. The number of carbonyl (C=O) groups is 1. The van der Waals surface area contributed by atoms with Crippen molar-refractivity contribution in [1.82, 2.24) is 4.98 Å². The number of nitrogens with zero attached hydrogens (tertiary/aromatic N) is 2. The number of non-ortho nitro benzene ring substituents is 1. The highest BCUT2D eigenvalue weighted by molar-refractivity contribution is 7.99. The molecule has 1 N–H and O–H groups in total. The molecular weight excluding hydrogens is 435 g/mol. The van der Waals surface area contributed by atoms with Crippen molar-refractivity contribution < 1.29 is 27.6 Å². The molecule has 0 saturated carbocycles. The maximum absolute atomic E-state index is 13.2. The lowest BCUT2D eigenvalue weighted by molar-refractivity contribution is -0.385. The van der Waals surface area contributed by atoms with Crippen molar-refractivity contribution in [3.63, 3.8) is 0 Å². The summed E-state index contributed by atoms with van der Waals surface area (Å²) < 4.78 is 44.9. The van der Waals surface area contributed by atoms with Gasteiger partial charge in [-0.1, -0.05) is 11.8 Å². The van der Waals surface area contributed by atoms with Crippen LogP contribution in [0.2, 0.25) is 0 Å². The number of amides is 1. The van der Waals surface area contributed by atoms with E-state index in [-0.39, 0.29) is 5.75 Å². The number of methoxy groups -OCH3 is 1. The molecule has 3 rings (SSSR count). The number of fused-ring (bicyclic) bond motifs is 1. The van der Waals surface area contributed by atoms with Crippen molar-refractivity contribution in [3.05, 3.63) is 63.7 Å². The number of anilines is 1. The molecule has 0 aliphatic carbocycles. The lowest BCUT2D eigenvalue weighted by atomic mass is 10.1. The molecular formula is C20H16F3N3O4S. The van der Waals surface area contributed by atoms with Crippen molar-refractivity contribution >= 4 is 39.9 Å². The first kappa shape index (κ1) is 22.3. The number of carbonyl (C=O) groups excluding carboxylic acids is 1. The van der Waals surface area contributed by atoms with Gasteiger partial charge in [0.1, 0.15) is 5.75 Å². The van der Waals surface area contributed by atoms with Crippen LogP contribution >= 0.6 is 11.8 Å². The van der Waals surface area contributed by atoms with E-state index in [0.29, 0.717) is 22.4 Å². The predicted octanol–water partition coefficient (Wildman–Crippen LogP) is 5.21. The second kappa shape index (κ2) is 8.80. The van der Waals surface area contributed by atoms with Crippen LogP contribution in [0.15, 0.2) is 47.5 Å². The minimum atomic E-state index is -4.86. The van der Waals surface area contributed by atoms with Gasteiger partial charge in [0.25, 0.3) is 5.69 Å². The number of rotatable bonds is 6. The number of alkyl halides is 3. The van der Waals surface area contributed by atoms with Gasteiger partial charge in [0.2, 0.25) is 5.91 Å². The zero-order chi connectivity index (χ0) is 22.8. The summed E-state index contributed by atoms with van der Waals surface area (Å²) in [6, 6.07) is 9.36.